The van der Waals surface area contributed by atoms with Gasteiger partial charge in [-0.25, -0.2) is 5.43 Å². The molecule has 1 amide bonds. The standard InChI is InChI=1S/C31H35N5O5S/c1-31(2,3)22-10-8-21(9-11-22)29-34-35-30(36(29)23-12-14-24(38-4)15-13-23)42-19-27(37)33-32-18-20-16-25(39-5)28(41-7)26(17-20)40-6/h8-18H,19H2,1-7H3,(H,33,37)/b32-18+. The third kappa shape index (κ3) is 7.03. The highest BCUT2D eigenvalue weighted by Gasteiger charge is 2.19. The molecule has 0 aliphatic carbocycles. The number of carbonyl (C=O) groups is 1. The highest BCUT2D eigenvalue weighted by atomic mass is 32.2. The van der Waals surface area contributed by atoms with Crippen LogP contribution in [0.4, 0.5) is 0 Å². The Hall–Kier alpha value is -4.51. The number of rotatable bonds is 11. The van der Waals surface area contributed by atoms with Gasteiger partial charge in [0.25, 0.3) is 5.91 Å². The second-order valence-corrected chi connectivity index (χ2v) is 11.1. The van der Waals surface area contributed by atoms with Crippen molar-refractivity contribution in [3.8, 4) is 40.1 Å². The van der Waals surface area contributed by atoms with Crippen LogP contribution in [0.2, 0.25) is 0 Å². The molecule has 4 aromatic rings. The number of nitrogens with one attached hydrogen (secondary N) is 1. The monoisotopic (exact) mass is 589 g/mol. The Balaban J connectivity index is 1.53. The minimum atomic E-state index is -0.302. The molecule has 42 heavy (non-hydrogen) atoms. The van der Waals surface area contributed by atoms with Gasteiger partial charge >= 0.3 is 0 Å². The normalized spacial score (nSPS) is 11.4. The van der Waals surface area contributed by atoms with Crippen LogP contribution in [0.25, 0.3) is 17.1 Å². The minimum absolute atomic E-state index is 0.0323. The topological polar surface area (TPSA) is 109 Å². The van der Waals surface area contributed by atoms with Gasteiger partial charge in [-0.2, -0.15) is 5.10 Å². The Morgan fingerprint density at radius 2 is 1.55 bits per heavy atom. The van der Waals surface area contributed by atoms with E-state index in [0.29, 0.717) is 33.8 Å². The van der Waals surface area contributed by atoms with Crippen molar-refractivity contribution in [2.75, 3.05) is 34.2 Å². The fourth-order valence-electron chi connectivity index (χ4n) is 4.15. The van der Waals surface area contributed by atoms with Crippen molar-refractivity contribution in [1.29, 1.82) is 0 Å². The second-order valence-electron chi connectivity index (χ2n) is 10.2. The van der Waals surface area contributed by atoms with Gasteiger partial charge in [0.05, 0.1) is 40.4 Å². The lowest BCUT2D eigenvalue weighted by Gasteiger charge is -2.19. The summed E-state index contributed by atoms with van der Waals surface area (Å²) in [5.41, 5.74) is 6.24. The summed E-state index contributed by atoms with van der Waals surface area (Å²) < 4.78 is 23.3. The Labute approximate surface area is 250 Å². The number of nitrogens with zero attached hydrogens (tertiary/aromatic N) is 4. The number of thioether (sulfide) groups is 1. The zero-order valence-electron chi connectivity index (χ0n) is 24.8. The van der Waals surface area contributed by atoms with Crippen molar-refractivity contribution in [2.45, 2.75) is 31.3 Å². The first-order valence-electron chi connectivity index (χ1n) is 13.1. The van der Waals surface area contributed by atoms with Gasteiger partial charge in [0, 0.05) is 16.8 Å². The molecule has 11 heteroatoms. The number of hydrazone groups is 1. The van der Waals surface area contributed by atoms with E-state index < -0.39 is 0 Å². The molecular weight excluding hydrogens is 554 g/mol. The van der Waals surface area contributed by atoms with Crippen LogP contribution in [0.5, 0.6) is 23.0 Å². The molecule has 1 aromatic heterocycles. The number of methoxy groups -OCH3 is 4. The number of hydrogen-bond acceptors (Lipinski definition) is 9. The van der Waals surface area contributed by atoms with E-state index >= 15 is 0 Å². The van der Waals surface area contributed by atoms with Crippen LogP contribution in [-0.2, 0) is 10.2 Å². The summed E-state index contributed by atoms with van der Waals surface area (Å²) in [6.45, 7) is 6.53. The minimum Gasteiger partial charge on any atom is -0.497 e. The number of benzene rings is 3. The Morgan fingerprint density at radius 3 is 2.10 bits per heavy atom. The molecule has 0 atom stereocenters. The number of hydrogen-bond donors (Lipinski definition) is 1. The second kappa shape index (κ2) is 13.4. The zero-order chi connectivity index (χ0) is 30.3. The van der Waals surface area contributed by atoms with Crippen LogP contribution in [0.3, 0.4) is 0 Å². The predicted molar refractivity (Wildman–Crippen MR) is 165 cm³/mol. The quantitative estimate of drug-likeness (QED) is 0.139. The molecule has 0 unspecified atom stereocenters. The van der Waals surface area contributed by atoms with Crippen LogP contribution in [-0.4, -0.2) is 61.1 Å². The molecule has 0 aliphatic rings. The molecular formula is C31H35N5O5S. The van der Waals surface area contributed by atoms with Gasteiger partial charge in [-0.15, -0.1) is 10.2 Å². The molecule has 0 spiro atoms. The highest BCUT2D eigenvalue weighted by Crippen LogP contribution is 2.37. The molecule has 3 aromatic carbocycles. The smallest absolute Gasteiger partial charge is 0.250 e. The van der Waals surface area contributed by atoms with Gasteiger partial charge < -0.3 is 18.9 Å². The van der Waals surface area contributed by atoms with Crippen LogP contribution in [0.1, 0.15) is 31.9 Å². The van der Waals surface area contributed by atoms with Crippen LogP contribution in [0.15, 0.2) is 70.9 Å². The van der Waals surface area contributed by atoms with Crippen molar-refractivity contribution in [3.63, 3.8) is 0 Å². The summed E-state index contributed by atoms with van der Waals surface area (Å²) in [5, 5.41) is 13.6. The van der Waals surface area contributed by atoms with E-state index in [-0.39, 0.29) is 17.1 Å². The summed E-state index contributed by atoms with van der Waals surface area (Å²) in [6.07, 6.45) is 1.51. The third-order valence-electron chi connectivity index (χ3n) is 6.40. The summed E-state index contributed by atoms with van der Waals surface area (Å²) in [6, 6.07) is 19.4. The van der Waals surface area contributed by atoms with E-state index in [1.807, 2.05) is 41.0 Å². The fraction of sp³-hybridized carbons (Fsp3) is 0.290. The van der Waals surface area contributed by atoms with Crippen molar-refractivity contribution in [1.82, 2.24) is 20.2 Å². The third-order valence-corrected chi connectivity index (χ3v) is 7.32. The lowest BCUT2D eigenvalue weighted by Crippen LogP contribution is -2.20. The molecule has 0 fully saturated rings. The number of carbonyl (C=O) groups excluding carboxylic acids is 1. The predicted octanol–water partition coefficient (Wildman–Crippen LogP) is 5.51. The first-order valence-corrected chi connectivity index (χ1v) is 14.1. The largest absolute Gasteiger partial charge is 0.497 e. The lowest BCUT2D eigenvalue weighted by atomic mass is 9.87. The van der Waals surface area contributed by atoms with Crippen molar-refractivity contribution in [2.24, 2.45) is 5.10 Å². The average Bonchev–Trinajstić information content (AvgIpc) is 3.43. The van der Waals surface area contributed by atoms with E-state index in [1.165, 1.54) is 44.9 Å². The SMILES string of the molecule is COc1ccc(-n2c(SCC(=O)N/N=C/c3cc(OC)c(OC)c(OC)c3)nnc2-c2ccc(C(C)(C)C)cc2)cc1. The van der Waals surface area contributed by atoms with E-state index in [2.05, 4.69) is 53.6 Å². The van der Waals surface area contributed by atoms with Gasteiger partial charge in [-0.3, -0.25) is 9.36 Å². The fourth-order valence-corrected chi connectivity index (χ4v) is 4.90. The van der Waals surface area contributed by atoms with Crippen LogP contribution in [0, 0.1) is 0 Å². The highest BCUT2D eigenvalue weighted by molar-refractivity contribution is 7.99. The Morgan fingerprint density at radius 1 is 0.905 bits per heavy atom. The lowest BCUT2D eigenvalue weighted by molar-refractivity contribution is -0.118. The zero-order valence-corrected chi connectivity index (χ0v) is 25.6. The average molecular weight is 590 g/mol. The van der Waals surface area contributed by atoms with Crippen molar-refractivity contribution in [3.05, 3.63) is 71.8 Å². The first kappa shape index (κ1) is 30.4. The molecule has 4 rings (SSSR count). The maximum atomic E-state index is 12.7. The molecule has 1 heterocycles. The molecule has 0 saturated carbocycles. The van der Waals surface area contributed by atoms with E-state index in [9.17, 15) is 4.79 Å². The van der Waals surface area contributed by atoms with Crippen molar-refractivity contribution < 1.29 is 23.7 Å². The molecule has 0 aliphatic heterocycles. The molecule has 0 radical (unpaired) electrons. The Kier molecular flexibility index (Phi) is 9.74. The maximum absolute atomic E-state index is 12.7. The summed E-state index contributed by atoms with van der Waals surface area (Å²) in [7, 11) is 6.23. The van der Waals surface area contributed by atoms with Crippen LogP contribution < -0.4 is 24.4 Å². The van der Waals surface area contributed by atoms with Gasteiger partial charge in [0.2, 0.25) is 5.75 Å². The van der Waals surface area contributed by atoms with E-state index in [1.54, 1.807) is 19.2 Å². The number of aromatic nitrogens is 3. The summed E-state index contributed by atoms with van der Waals surface area (Å²) >= 11 is 1.26. The molecule has 0 saturated heterocycles. The molecule has 1 N–H and O–H groups in total. The van der Waals surface area contributed by atoms with Crippen molar-refractivity contribution >= 4 is 23.9 Å². The van der Waals surface area contributed by atoms with E-state index in [0.717, 1.165) is 17.0 Å². The van der Waals surface area contributed by atoms with Crippen LogP contribution >= 0.6 is 11.8 Å². The number of amides is 1. The molecule has 0 bridgehead atoms. The van der Waals surface area contributed by atoms with E-state index in [4.69, 9.17) is 18.9 Å². The molecule has 10 nitrogen and oxygen atoms in total. The number of ether oxygens (including phenoxy) is 4. The van der Waals surface area contributed by atoms with Gasteiger partial charge in [0.1, 0.15) is 5.75 Å². The summed E-state index contributed by atoms with van der Waals surface area (Å²) in [5.74, 6) is 2.63. The van der Waals surface area contributed by atoms with Gasteiger partial charge in [-0.1, -0.05) is 56.8 Å². The molecule has 220 valence electrons. The van der Waals surface area contributed by atoms with Gasteiger partial charge in [0.15, 0.2) is 22.5 Å². The summed E-state index contributed by atoms with van der Waals surface area (Å²) in [4.78, 5) is 12.7. The Bertz CT molecular complexity index is 1520. The maximum Gasteiger partial charge on any atom is 0.250 e. The first-order chi connectivity index (χ1) is 20.2. The van der Waals surface area contributed by atoms with Gasteiger partial charge in [-0.05, 0) is 47.4 Å².